The maximum atomic E-state index is 11.4. The third-order valence-corrected chi connectivity index (χ3v) is 4.82. The Morgan fingerprint density at radius 2 is 1.71 bits per heavy atom. The fourth-order valence-corrected chi connectivity index (χ4v) is 3.42. The second-order valence-electron chi connectivity index (χ2n) is 6.32. The van der Waals surface area contributed by atoms with E-state index in [2.05, 4.69) is 19.0 Å². The van der Waals surface area contributed by atoms with Crippen molar-refractivity contribution in [3.8, 4) is 0 Å². The second-order valence-corrected chi connectivity index (χ2v) is 6.76. The highest BCUT2D eigenvalue weighted by molar-refractivity contribution is 6.30. The van der Waals surface area contributed by atoms with Gasteiger partial charge in [-0.1, -0.05) is 43.0 Å². The van der Waals surface area contributed by atoms with Crippen LogP contribution < -0.4 is 0 Å². The highest BCUT2D eigenvalue weighted by atomic mass is 35.5. The number of rotatable bonds is 5. The minimum atomic E-state index is -0.713. The molecule has 2 rings (SSSR count). The average Bonchev–Trinajstić information content (AvgIpc) is 2.46. The van der Waals surface area contributed by atoms with Gasteiger partial charge in [-0.25, -0.2) is 0 Å². The van der Waals surface area contributed by atoms with Crippen LogP contribution in [0, 0.1) is 5.92 Å². The van der Waals surface area contributed by atoms with Gasteiger partial charge in [0.2, 0.25) is 0 Å². The molecular formula is C17H27Cl2NO. The lowest BCUT2D eigenvalue weighted by atomic mass is 9.71. The standard InChI is InChI=1S/C17H26ClNO.ClH/c1-19(2)13-12-17(20,14-6-4-3-5-7-14)15-8-10-16(18)11-9-15;/h8-11,14,20H,3-7,12-13H2,1-2H3;1H. The van der Waals surface area contributed by atoms with E-state index in [1.807, 2.05) is 24.3 Å². The normalized spacial score (nSPS) is 19.1. The van der Waals surface area contributed by atoms with E-state index in [0.29, 0.717) is 5.92 Å². The molecule has 21 heavy (non-hydrogen) atoms. The lowest BCUT2D eigenvalue weighted by Gasteiger charge is -2.40. The molecule has 1 aliphatic carbocycles. The van der Waals surface area contributed by atoms with Gasteiger partial charge in [-0.15, -0.1) is 12.4 Å². The van der Waals surface area contributed by atoms with Crippen LogP contribution >= 0.6 is 24.0 Å². The van der Waals surface area contributed by atoms with Crippen molar-refractivity contribution in [3.63, 3.8) is 0 Å². The Morgan fingerprint density at radius 1 is 1.14 bits per heavy atom. The largest absolute Gasteiger partial charge is 0.385 e. The molecule has 0 aromatic heterocycles. The molecule has 0 heterocycles. The van der Waals surface area contributed by atoms with Gasteiger partial charge in [0.1, 0.15) is 0 Å². The lowest BCUT2D eigenvalue weighted by molar-refractivity contribution is -0.0499. The summed E-state index contributed by atoms with van der Waals surface area (Å²) in [4.78, 5) is 2.14. The molecule has 1 aromatic carbocycles. The van der Waals surface area contributed by atoms with Crippen molar-refractivity contribution >= 4 is 24.0 Å². The minimum Gasteiger partial charge on any atom is -0.385 e. The first-order chi connectivity index (χ1) is 9.52. The molecule has 1 aromatic rings. The Kier molecular flexibility index (Phi) is 7.49. The first kappa shape index (κ1) is 18.8. The third kappa shape index (κ3) is 4.85. The summed E-state index contributed by atoms with van der Waals surface area (Å²) in [7, 11) is 4.12. The van der Waals surface area contributed by atoms with E-state index >= 15 is 0 Å². The zero-order valence-electron chi connectivity index (χ0n) is 13.0. The maximum Gasteiger partial charge on any atom is 0.0936 e. The van der Waals surface area contributed by atoms with Crippen LogP contribution in [0.15, 0.2) is 24.3 Å². The highest BCUT2D eigenvalue weighted by Gasteiger charge is 2.38. The molecule has 1 atom stereocenters. The van der Waals surface area contributed by atoms with E-state index in [-0.39, 0.29) is 12.4 Å². The van der Waals surface area contributed by atoms with Crippen molar-refractivity contribution in [2.24, 2.45) is 5.92 Å². The lowest BCUT2D eigenvalue weighted by Crippen LogP contribution is -2.39. The summed E-state index contributed by atoms with van der Waals surface area (Å²) in [6.07, 6.45) is 6.83. The van der Waals surface area contributed by atoms with Crippen LogP contribution in [0.4, 0.5) is 0 Å². The van der Waals surface area contributed by atoms with Gasteiger partial charge in [0.15, 0.2) is 0 Å². The van der Waals surface area contributed by atoms with Gasteiger partial charge < -0.3 is 10.0 Å². The summed E-state index contributed by atoms with van der Waals surface area (Å²) < 4.78 is 0. The van der Waals surface area contributed by atoms with Gasteiger partial charge in [-0.05, 0) is 57.0 Å². The third-order valence-electron chi connectivity index (χ3n) is 4.56. The zero-order chi connectivity index (χ0) is 14.6. The molecule has 1 saturated carbocycles. The Balaban J connectivity index is 0.00000220. The predicted molar refractivity (Wildman–Crippen MR) is 92.3 cm³/mol. The van der Waals surface area contributed by atoms with Crippen molar-refractivity contribution < 1.29 is 5.11 Å². The Bertz CT molecular complexity index is 415. The van der Waals surface area contributed by atoms with Gasteiger partial charge in [-0.2, -0.15) is 0 Å². The molecule has 0 bridgehead atoms. The van der Waals surface area contributed by atoms with Crippen LogP contribution in [0.5, 0.6) is 0 Å². The molecule has 4 heteroatoms. The molecule has 1 aliphatic rings. The number of halogens is 2. The summed E-state index contributed by atoms with van der Waals surface area (Å²) >= 11 is 5.99. The highest BCUT2D eigenvalue weighted by Crippen LogP contribution is 2.41. The summed E-state index contributed by atoms with van der Waals surface area (Å²) in [5.41, 5.74) is 0.311. The molecule has 0 saturated heterocycles. The molecule has 0 amide bonds. The van der Waals surface area contributed by atoms with Crippen molar-refractivity contribution in [3.05, 3.63) is 34.9 Å². The summed E-state index contributed by atoms with van der Waals surface area (Å²) in [6, 6.07) is 7.76. The molecule has 1 unspecified atom stereocenters. The molecule has 2 nitrogen and oxygen atoms in total. The van der Waals surface area contributed by atoms with Crippen LogP contribution in [0.1, 0.15) is 44.1 Å². The van der Waals surface area contributed by atoms with Gasteiger partial charge in [0, 0.05) is 11.6 Å². The van der Waals surface area contributed by atoms with Gasteiger partial charge in [0.25, 0.3) is 0 Å². The van der Waals surface area contributed by atoms with E-state index in [9.17, 15) is 5.11 Å². The molecule has 0 spiro atoms. The van der Waals surface area contributed by atoms with Crippen molar-refractivity contribution in [1.82, 2.24) is 4.90 Å². The molecule has 1 N–H and O–H groups in total. The summed E-state index contributed by atoms with van der Waals surface area (Å²) in [5, 5.41) is 12.1. The maximum absolute atomic E-state index is 11.4. The minimum absolute atomic E-state index is 0. The molecular weight excluding hydrogens is 305 g/mol. The summed E-state index contributed by atoms with van der Waals surface area (Å²) in [6.45, 7) is 0.898. The molecule has 0 radical (unpaired) electrons. The molecule has 0 aliphatic heterocycles. The van der Waals surface area contributed by atoms with Crippen LogP contribution in [0.25, 0.3) is 0 Å². The number of aliphatic hydroxyl groups is 1. The smallest absolute Gasteiger partial charge is 0.0936 e. The average molecular weight is 332 g/mol. The van der Waals surface area contributed by atoms with E-state index in [1.165, 1.54) is 19.3 Å². The topological polar surface area (TPSA) is 23.5 Å². The first-order valence-corrected chi connectivity index (χ1v) is 8.03. The van der Waals surface area contributed by atoms with Gasteiger partial charge >= 0.3 is 0 Å². The van der Waals surface area contributed by atoms with Crippen LogP contribution in [0.3, 0.4) is 0 Å². The number of hydrogen-bond donors (Lipinski definition) is 1. The number of nitrogens with zero attached hydrogens (tertiary/aromatic N) is 1. The monoisotopic (exact) mass is 331 g/mol. The Labute approximate surface area is 139 Å². The van der Waals surface area contributed by atoms with Crippen LogP contribution in [-0.4, -0.2) is 30.6 Å². The predicted octanol–water partition coefficient (Wildman–Crippen LogP) is 4.48. The van der Waals surface area contributed by atoms with Gasteiger partial charge in [0.05, 0.1) is 5.60 Å². The summed E-state index contributed by atoms with van der Waals surface area (Å²) in [5.74, 6) is 0.373. The fourth-order valence-electron chi connectivity index (χ4n) is 3.30. The van der Waals surface area contributed by atoms with E-state index in [1.54, 1.807) is 0 Å². The van der Waals surface area contributed by atoms with Crippen LogP contribution in [0.2, 0.25) is 5.02 Å². The Morgan fingerprint density at radius 3 is 2.24 bits per heavy atom. The van der Waals surface area contributed by atoms with E-state index in [4.69, 9.17) is 11.6 Å². The van der Waals surface area contributed by atoms with Gasteiger partial charge in [-0.3, -0.25) is 0 Å². The van der Waals surface area contributed by atoms with Crippen molar-refractivity contribution in [2.75, 3.05) is 20.6 Å². The van der Waals surface area contributed by atoms with E-state index in [0.717, 1.165) is 36.4 Å². The second kappa shape index (κ2) is 8.38. The number of hydrogen-bond acceptors (Lipinski definition) is 2. The van der Waals surface area contributed by atoms with Crippen LogP contribution in [-0.2, 0) is 5.60 Å². The quantitative estimate of drug-likeness (QED) is 0.859. The Hall–Kier alpha value is -0.280. The first-order valence-electron chi connectivity index (χ1n) is 7.65. The zero-order valence-corrected chi connectivity index (χ0v) is 14.6. The number of benzene rings is 1. The SMILES string of the molecule is CN(C)CCC(O)(c1ccc(Cl)cc1)C1CCCCC1.Cl. The fraction of sp³-hybridized carbons (Fsp3) is 0.647. The van der Waals surface area contributed by atoms with Crippen molar-refractivity contribution in [2.45, 2.75) is 44.1 Å². The van der Waals surface area contributed by atoms with E-state index < -0.39 is 5.60 Å². The van der Waals surface area contributed by atoms with Crippen molar-refractivity contribution in [1.29, 1.82) is 0 Å². The molecule has 120 valence electrons. The molecule has 1 fully saturated rings.